The highest BCUT2D eigenvalue weighted by atomic mass is 35.5. The molecule has 0 aliphatic carbocycles. The first-order valence-electron chi connectivity index (χ1n) is 8.27. The fourth-order valence-electron chi connectivity index (χ4n) is 2.32. The molecule has 0 aliphatic heterocycles. The van der Waals surface area contributed by atoms with E-state index in [1.54, 1.807) is 36.4 Å². The number of hydrogen-bond donors (Lipinski definition) is 1. The molecule has 0 heterocycles. The van der Waals surface area contributed by atoms with Crippen molar-refractivity contribution in [3.63, 3.8) is 0 Å². The number of ether oxygens (including phenoxy) is 2. The number of benzene rings is 3. The molecule has 0 atom stereocenters. The van der Waals surface area contributed by atoms with E-state index in [0.717, 1.165) is 12.1 Å². The first-order chi connectivity index (χ1) is 13.5. The van der Waals surface area contributed by atoms with Gasteiger partial charge in [0, 0.05) is 5.02 Å². The molecule has 28 heavy (non-hydrogen) atoms. The summed E-state index contributed by atoms with van der Waals surface area (Å²) in [6.07, 6.45) is 0. The van der Waals surface area contributed by atoms with Crippen LogP contribution in [0.25, 0.3) is 0 Å². The average molecular weight is 400 g/mol. The zero-order chi connectivity index (χ0) is 19.9. The Bertz CT molecular complexity index is 995. The molecule has 0 bridgehead atoms. The first-order valence-corrected chi connectivity index (χ1v) is 8.64. The summed E-state index contributed by atoms with van der Waals surface area (Å²) in [5.41, 5.74) is 0.0643. The summed E-state index contributed by atoms with van der Waals surface area (Å²) >= 11 is 5.75. The van der Waals surface area contributed by atoms with Crippen molar-refractivity contribution >= 4 is 29.2 Å². The normalized spacial score (nSPS) is 10.2. The van der Waals surface area contributed by atoms with Crippen LogP contribution in [-0.2, 0) is 9.53 Å². The monoisotopic (exact) mass is 399 g/mol. The topological polar surface area (TPSA) is 64.6 Å². The lowest BCUT2D eigenvalue weighted by Crippen LogP contribution is -2.21. The van der Waals surface area contributed by atoms with Gasteiger partial charge in [0.1, 0.15) is 11.6 Å². The molecular formula is C21H15ClFNO4. The van der Waals surface area contributed by atoms with E-state index < -0.39 is 24.3 Å². The largest absolute Gasteiger partial charge is 0.455 e. The molecule has 3 aromatic rings. The third kappa shape index (κ3) is 5.08. The molecule has 3 rings (SSSR count). The molecule has 0 saturated heterocycles. The van der Waals surface area contributed by atoms with E-state index in [4.69, 9.17) is 21.1 Å². The quantitative estimate of drug-likeness (QED) is 0.588. The number of amides is 1. The summed E-state index contributed by atoms with van der Waals surface area (Å²) in [5.74, 6) is -1.33. The maximum Gasteiger partial charge on any atom is 0.341 e. The van der Waals surface area contributed by atoms with E-state index in [9.17, 15) is 14.0 Å². The van der Waals surface area contributed by atoms with Crippen LogP contribution in [-0.4, -0.2) is 18.5 Å². The molecule has 7 heteroatoms. The summed E-state index contributed by atoms with van der Waals surface area (Å²) in [4.78, 5) is 24.1. The van der Waals surface area contributed by atoms with E-state index in [2.05, 4.69) is 5.32 Å². The third-order valence-electron chi connectivity index (χ3n) is 3.61. The zero-order valence-electron chi connectivity index (χ0n) is 14.5. The van der Waals surface area contributed by atoms with Crippen LogP contribution in [0.2, 0.25) is 5.02 Å². The summed E-state index contributed by atoms with van der Waals surface area (Å²) in [7, 11) is 0. The number of para-hydroxylation sites is 3. The zero-order valence-corrected chi connectivity index (χ0v) is 15.3. The molecule has 0 fully saturated rings. The lowest BCUT2D eigenvalue weighted by Gasteiger charge is -2.12. The van der Waals surface area contributed by atoms with Crippen molar-refractivity contribution < 1.29 is 23.5 Å². The van der Waals surface area contributed by atoms with Gasteiger partial charge in [-0.05, 0) is 42.5 Å². The van der Waals surface area contributed by atoms with Crippen LogP contribution in [0.1, 0.15) is 10.4 Å². The third-order valence-corrected chi connectivity index (χ3v) is 3.85. The van der Waals surface area contributed by atoms with Crippen molar-refractivity contribution in [2.45, 2.75) is 0 Å². The van der Waals surface area contributed by atoms with Crippen LogP contribution >= 0.6 is 11.6 Å². The lowest BCUT2D eigenvalue weighted by atomic mass is 10.2. The van der Waals surface area contributed by atoms with Crippen LogP contribution in [0.5, 0.6) is 11.5 Å². The molecule has 3 aromatic carbocycles. The van der Waals surface area contributed by atoms with Crippen molar-refractivity contribution in [3.05, 3.63) is 89.2 Å². The number of rotatable bonds is 6. The summed E-state index contributed by atoms with van der Waals surface area (Å²) < 4.78 is 24.3. The van der Waals surface area contributed by atoms with Gasteiger partial charge in [0.2, 0.25) is 0 Å². The van der Waals surface area contributed by atoms with Crippen molar-refractivity contribution in [2.24, 2.45) is 0 Å². The van der Waals surface area contributed by atoms with Crippen LogP contribution in [0.4, 0.5) is 10.1 Å². The molecule has 0 spiro atoms. The number of carbonyl (C=O) groups is 2. The standard InChI is InChI=1S/C21H15ClFNO4/c22-14-10-11-17(23)16(12-14)21(26)27-13-20(25)24-18-8-4-5-9-19(18)28-15-6-2-1-3-7-15/h1-12H,13H2,(H,24,25). The number of hydrogen-bond acceptors (Lipinski definition) is 4. The Morgan fingerprint density at radius 1 is 0.964 bits per heavy atom. The van der Waals surface area contributed by atoms with Crippen LogP contribution in [0, 0.1) is 5.82 Å². The highest BCUT2D eigenvalue weighted by molar-refractivity contribution is 6.30. The van der Waals surface area contributed by atoms with Gasteiger partial charge in [0.05, 0.1) is 11.3 Å². The number of carbonyl (C=O) groups excluding carboxylic acids is 2. The Balaban J connectivity index is 1.62. The van der Waals surface area contributed by atoms with Crippen LogP contribution in [0.15, 0.2) is 72.8 Å². The predicted molar refractivity (Wildman–Crippen MR) is 103 cm³/mol. The highest BCUT2D eigenvalue weighted by Crippen LogP contribution is 2.29. The van der Waals surface area contributed by atoms with Crippen molar-refractivity contribution in [3.8, 4) is 11.5 Å². The van der Waals surface area contributed by atoms with Gasteiger partial charge in [-0.1, -0.05) is 41.9 Å². The minimum absolute atomic E-state index is 0.185. The minimum Gasteiger partial charge on any atom is -0.455 e. The molecule has 1 amide bonds. The van der Waals surface area contributed by atoms with E-state index >= 15 is 0 Å². The summed E-state index contributed by atoms with van der Waals surface area (Å²) in [5, 5.41) is 2.79. The van der Waals surface area contributed by atoms with Crippen LogP contribution < -0.4 is 10.1 Å². The van der Waals surface area contributed by atoms with Gasteiger partial charge < -0.3 is 14.8 Å². The second kappa shape index (κ2) is 9.01. The van der Waals surface area contributed by atoms with Gasteiger partial charge in [-0.15, -0.1) is 0 Å². The van der Waals surface area contributed by atoms with Crippen molar-refractivity contribution in [1.29, 1.82) is 0 Å². The molecule has 1 N–H and O–H groups in total. The second-order valence-corrected chi connectivity index (χ2v) is 6.10. The Kier molecular flexibility index (Phi) is 6.24. The molecule has 0 unspecified atom stereocenters. The average Bonchev–Trinajstić information content (AvgIpc) is 2.70. The van der Waals surface area contributed by atoms with E-state index in [1.807, 2.05) is 18.2 Å². The van der Waals surface area contributed by atoms with Gasteiger partial charge in [0.25, 0.3) is 5.91 Å². The maximum absolute atomic E-state index is 13.7. The van der Waals surface area contributed by atoms with Crippen molar-refractivity contribution in [2.75, 3.05) is 11.9 Å². The molecule has 0 aliphatic rings. The molecule has 142 valence electrons. The van der Waals surface area contributed by atoms with Gasteiger partial charge >= 0.3 is 5.97 Å². The van der Waals surface area contributed by atoms with E-state index in [0.29, 0.717) is 17.2 Å². The SMILES string of the molecule is O=C(COC(=O)c1cc(Cl)ccc1F)Nc1ccccc1Oc1ccccc1. The highest BCUT2D eigenvalue weighted by Gasteiger charge is 2.16. The molecule has 5 nitrogen and oxygen atoms in total. The van der Waals surface area contributed by atoms with Gasteiger partial charge in [-0.2, -0.15) is 0 Å². The number of anilines is 1. The van der Waals surface area contributed by atoms with E-state index in [1.165, 1.54) is 6.07 Å². The molecule has 0 radical (unpaired) electrons. The summed E-state index contributed by atoms with van der Waals surface area (Å²) in [6, 6.07) is 19.4. The summed E-state index contributed by atoms with van der Waals surface area (Å²) in [6.45, 7) is -0.593. The molecule has 0 saturated carbocycles. The second-order valence-electron chi connectivity index (χ2n) is 5.66. The Morgan fingerprint density at radius 2 is 1.68 bits per heavy atom. The number of halogens is 2. The van der Waals surface area contributed by atoms with Gasteiger partial charge in [-0.25, -0.2) is 9.18 Å². The van der Waals surface area contributed by atoms with Crippen LogP contribution in [0.3, 0.4) is 0 Å². The lowest BCUT2D eigenvalue weighted by molar-refractivity contribution is -0.119. The predicted octanol–water partition coefficient (Wildman–Crippen LogP) is 5.07. The molecular weight excluding hydrogens is 385 g/mol. The Morgan fingerprint density at radius 3 is 2.46 bits per heavy atom. The first kappa shape index (κ1) is 19.4. The Labute approximate surface area is 165 Å². The van der Waals surface area contributed by atoms with E-state index in [-0.39, 0.29) is 10.6 Å². The Hall–Kier alpha value is -3.38. The minimum atomic E-state index is -0.982. The van der Waals surface area contributed by atoms with Gasteiger partial charge in [-0.3, -0.25) is 4.79 Å². The smallest absolute Gasteiger partial charge is 0.341 e. The van der Waals surface area contributed by atoms with Gasteiger partial charge in [0.15, 0.2) is 12.4 Å². The maximum atomic E-state index is 13.7. The molecule has 0 aromatic heterocycles. The van der Waals surface area contributed by atoms with Crippen molar-refractivity contribution in [1.82, 2.24) is 0 Å². The number of esters is 1. The fraction of sp³-hybridized carbons (Fsp3) is 0.0476. The number of nitrogens with one attached hydrogen (secondary N) is 1. The fourth-order valence-corrected chi connectivity index (χ4v) is 2.50.